The summed E-state index contributed by atoms with van der Waals surface area (Å²) in [5, 5.41) is 12.9. The lowest BCUT2D eigenvalue weighted by Gasteiger charge is -2.05. The molecule has 0 heterocycles. The van der Waals surface area contributed by atoms with Gasteiger partial charge in [-0.05, 0) is 12.1 Å². The molecule has 0 bridgehead atoms. The van der Waals surface area contributed by atoms with E-state index < -0.39 is 29.0 Å². The maximum absolute atomic E-state index is 11.5. The first-order chi connectivity index (χ1) is 7.93. The standard InChI is InChI=1S/C9H10N4O4/c10-6-3-1-2-5(8(6)13(16)17)9(15)12-4-7(11)14/h1-3H,4,10H2,(H2,11,14)(H,12,15). The van der Waals surface area contributed by atoms with Gasteiger partial charge in [0.25, 0.3) is 5.91 Å². The van der Waals surface area contributed by atoms with Crippen LogP contribution < -0.4 is 16.8 Å². The Kier molecular flexibility index (Phi) is 3.60. The van der Waals surface area contributed by atoms with Crippen LogP contribution in [0.25, 0.3) is 0 Å². The van der Waals surface area contributed by atoms with Crippen LogP contribution in [0.1, 0.15) is 10.4 Å². The first-order valence-electron chi connectivity index (χ1n) is 4.53. The van der Waals surface area contributed by atoms with Crippen molar-refractivity contribution in [2.75, 3.05) is 12.3 Å². The summed E-state index contributed by atoms with van der Waals surface area (Å²) in [6.07, 6.45) is 0. The number of rotatable bonds is 4. The second-order valence-corrected chi connectivity index (χ2v) is 3.15. The van der Waals surface area contributed by atoms with Crippen molar-refractivity contribution in [3.8, 4) is 0 Å². The van der Waals surface area contributed by atoms with Crippen LogP contribution in [0.4, 0.5) is 11.4 Å². The summed E-state index contributed by atoms with van der Waals surface area (Å²) in [7, 11) is 0. The molecule has 0 saturated carbocycles. The molecule has 90 valence electrons. The van der Waals surface area contributed by atoms with Gasteiger partial charge in [-0.1, -0.05) is 6.07 Å². The Morgan fingerprint density at radius 2 is 2.06 bits per heavy atom. The first-order valence-corrected chi connectivity index (χ1v) is 4.53. The third kappa shape index (κ3) is 2.91. The van der Waals surface area contributed by atoms with Crippen LogP contribution in [0, 0.1) is 10.1 Å². The molecule has 0 aliphatic rings. The van der Waals surface area contributed by atoms with Gasteiger partial charge >= 0.3 is 5.69 Å². The molecule has 1 rings (SSSR count). The number of nitrogen functional groups attached to an aromatic ring is 1. The number of carbonyl (C=O) groups excluding carboxylic acids is 2. The number of nitro benzene ring substituents is 1. The van der Waals surface area contributed by atoms with Gasteiger partial charge in [-0.25, -0.2) is 0 Å². The van der Waals surface area contributed by atoms with Crippen molar-refractivity contribution in [2.24, 2.45) is 5.73 Å². The molecule has 8 heteroatoms. The average Bonchev–Trinajstić information content (AvgIpc) is 2.24. The molecular formula is C9H10N4O4. The van der Waals surface area contributed by atoms with E-state index >= 15 is 0 Å². The number of amides is 2. The maximum atomic E-state index is 11.5. The van der Waals surface area contributed by atoms with Gasteiger partial charge in [-0.3, -0.25) is 19.7 Å². The number of nitrogens with zero attached hydrogens (tertiary/aromatic N) is 1. The van der Waals surface area contributed by atoms with Crippen molar-refractivity contribution < 1.29 is 14.5 Å². The van der Waals surface area contributed by atoms with Gasteiger partial charge in [0.15, 0.2) is 0 Å². The first kappa shape index (κ1) is 12.4. The molecule has 0 radical (unpaired) electrons. The summed E-state index contributed by atoms with van der Waals surface area (Å²) in [5.41, 5.74) is 9.41. The summed E-state index contributed by atoms with van der Waals surface area (Å²) in [4.78, 5) is 32.0. The topological polar surface area (TPSA) is 141 Å². The Morgan fingerprint density at radius 1 is 1.41 bits per heavy atom. The highest BCUT2D eigenvalue weighted by atomic mass is 16.6. The number of carbonyl (C=O) groups is 2. The number of hydrogen-bond donors (Lipinski definition) is 3. The summed E-state index contributed by atoms with van der Waals surface area (Å²) in [5.74, 6) is -1.52. The molecule has 0 spiro atoms. The quantitative estimate of drug-likeness (QED) is 0.364. The second kappa shape index (κ2) is 4.92. The number of nitrogens with one attached hydrogen (secondary N) is 1. The molecule has 2 amide bonds. The van der Waals surface area contributed by atoms with E-state index in [2.05, 4.69) is 5.32 Å². The zero-order valence-electron chi connectivity index (χ0n) is 8.67. The number of primary amides is 1. The number of anilines is 1. The Hall–Kier alpha value is -2.64. The molecular weight excluding hydrogens is 228 g/mol. The molecule has 1 aromatic rings. The van der Waals surface area contributed by atoms with E-state index in [0.29, 0.717) is 0 Å². The minimum Gasteiger partial charge on any atom is -0.393 e. The molecule has 0 aromatic heterocycles. The lowest BCUT2D eigenvalue weighted by molar-refractivity contribution is -0.384. The van der Waals surface area contributed by atoms with Gasteiger partial charge in [-0.15, -0.1) is 0 Å². The lowest BCUT2D eigenvalue weighted by Crippen LogP contribution is -2.33. The minimum atomic E-state index is -0.775. The van der Waals surface area contributed by atoms with Gasteiger partial charge < -0.3 is 16.8 Å². The molecule has 17 heavy (non-hydrogen) atoms. The number of hydrogen-bond acceptors (Lipinski definition) is 5. The largest absolute Gasteiger partial charge is 0.393 e. The van der Waals surface area contributed by atoms with Crippen LogP contribution in [0.15, 0.2) is 18.2 Å². The van der Waals surface area contributed by atoms with E-state index in [1.54, 1.807) is 0 Å². The SMILES string of the molecule is NC(=O)CNC(=O)c1cccc(N)c1[N+](=O)[O-]. The molecule has 0 aliphatic carbocycles. The predicted molar refractivity (Wildman–Crippen MR) is 59.0 cm³/mol. The van der Waals surface area contributed by atoms with E-state index in [-0.39, 0.29) is 11.3 Å². The van der Waals surface area contributed by atoms with Crippen molar-refractivity contribution in [1.29, 1.82) is 0 Å². The Bertz CT molecular complexity index is 486. The highest BCUT2D eigenvalue weighted by molar-refractivity contribution is 6.01. The van der Waals surface area contributed by atoms with Crippen LogP contribution in [0.5, 0.6) is 0 Å². The molecule has 0 aliphatic heterocycles. The van der Waals surface area contributed by atoms with Crippen molar-refractivity contribution in [3.05, 3.63) is 33.9 Å². The predicted octanol–water partition coefficient (Wildman–Crippen LogP) is -0.608. The van der Waals surface area contributed by atoms with Gasteiger partial charge in [0.1, 0.15) is 11.3 Å². The van der Waals surface area contributed by atoms with E-state index in [4.69, 9.17) is 11.5 Å². The smallest absolute Gasteiger partial charge is 0.304 e. The molecule has 5 N–H and O–H groups in total. The zero-order chi connectivity index (χ0) is 13.0. The summed E-state index contributed by atoms with van der Waals surface area (Å²) >= 11 is 0. The maximum Gasteiger partial charge on any atom is 0.304 e. The Morgan fingerprint density at radius 3 is 2.59 bits per heavy atom. The van der Waals surface area contributed by atoms with Crippen LogP contribution in [0.3, 0.4) is 0 Å². The van der Waals surface area contributed by atoms with Crippen molar-refractivity contribution in [2.45, 2.75) is 0 Å². The average molecular weight is 238 g/mol. The number of benzene rings is 1. The number of nitrogens with two attached hydrogens (primary N) is 2. The van der Waals surface area contributed by atoms with Gasteiger partial charge in [0.2, 0.25) is 5.91 Å². The fourth-order valence-corrected chi connectivity index (χ4v) is 1.21. The summed E-state index contributed by atoms with van der Waals surface area (Å²) < 4.78 is 0. The van der Waals surface area contributed by atoms with E-state index in [9.17, 15) is 19.7 Å². The van der Waals surface area contributed by atoms with Gasteiger partial charge in [0.05, 0.1) is 11.5 Å². The molecule has 8 nitrogen and oxygen atoms in total. The second-order valence-electron chi connectivity index (χ2n) is 3.15. The zero-order valence-corrected chi connectivity index (χ0v) is 8.67. The number of nitro groups is 1. The fraction of sp³-hybridized carbons (Fsp3) is 0.111. The van der Waals surface area contributed by atoms with Crippen LogP contribution in [-0.4, -0.2) is 23.3 Å². The lowest BCUT2D eigenvalue weighted by atomic mass is 10.1. The Labute approximate surface area is 95.7 Å². The fourth-order valence-electron chi connectivity index (χ4n) is 1.21. The molecule has 0 atom stereocenters. The highest BCUT2D eigenvalue weighted by Gasteiger charge is 2.22. The van der Waals surface area contributed by atoms with Crippen molar-refractivity contribution >= 4 is 23.2 Å². The molecule has 1 aromatic carbocycles. The Balaban J connectivity index is 3.05. The number of para-hydroxylation sites is 1. The molecule has 0 saturated heterocycles. The van der Waals surface area contributed by atoms with Crippen molar-refractivity contribution in [1.82, 2.24) is 5.32 Å². The normalized spacial score (nSPS) is 9.65. The van der Waals surface area contributed by atoms with E-state index in [1.165, 1.54) is 18.2 Å². The van der Waals surface area contributed by atoms with Crippen molar-refractivity contribution in [3.63, 3.8) is 0 Å². The van der Waals surface area contributed by atoms with E-state index in [0.717, 1.165) is 0 Å². The van der Waals surface area contributed by atoms with Gasteiger partial charge in [-0.2, -0.15) is 0 Å². The molecule has 0 fully saturated rings. The van der Waals surface area contributed by atoms with E-state index in [1.807, 2.05) is 0 Å². The summed E-state index contributed by atoms with van der Waals surface area (Å²) in [6.45, 7) is -0.398. The molecule has 0 unspecified atom stereocenters. The highest BCUT2D eigenvalue weighted by Crippen LogP contribution is 2.25. The van der Waals surface area contributed by atoms with Crippen LogP contribution in [-0.2, 0) is 4.79 Å². The third-order valence-electron chi connectivity index (χ3n) is 1.92. The summed E-state index contributed by atoms with van der Waals surface area (Å²) in [6, 6.07) is 3.95. The van der Waals surface area contributed by atoms with Gasteiger partial charge in [0, 0.05) is 0 Å². The third-order valence-corrected chi connectivity index (χ3v) is 1.92. The van der Waals surface area contributed by atoms with Crippen LogP contribution in [0.2, 0.25) is 0 Å². The van der Waals surface area contributed by atoms with Crippen LogP contribution >= 0.6 is 0 Å². The monoisotopic (exact) mass is 238 g/mol. The minimum absolute atomic E-state index is 0.123.